The van der Waals surface area contributed by atoms with Crippen LogP contribution >= 0.6 is 11.6 Å². The molecule has 2 aliphatic heterocycles. The van der Waals surface area contributed by atoms with Gasteiger partial charge in [-0.3, -0.25) is 30.3 Å². The summed E-state index contributed by atoms with van der Waals surface area (Å²) in [6, 6.07) is 14.3. The number of anilines is 1. The monoisotopic (exact) mass is 538 g/mol. The minimum atomic E-state index is -1.55. The van der Waals surface area contributed by atoms with Crippen LogP contribution in [0, 0.1) is 20.2 Å². The number of rotatable bonds is 7. The summed E-state index contributed by atoms with van der Waals surface area (Å²) in [5, 5.41) is 29.6. The number of amides is 1. The molecule has 0 aliphatic carbocycles. The molecular formula is C26H23ClN4O7. The molecule has 3 aromatic rings. The maximum absolute atomic E-state index is 13.2. The van der Waals surface area contributed by atoms with Gasteiger partial charge in [0.25, 0.3) is 17.6 Å². The van der Waals surface area contributed by atoms with Crippen LogP contribution in [0.2, 0.25) is 5.02 Å². The van der Waals surface area contributed by atoms with Crippen LogP contribution in [0.3, 0.4) is 0 Å². The van der Waals surface area contributed by atoms with Gasteiger partial charge in [0.15, 0.2) is 17.0 Å². The average Bonchev–Trinajstić information content (AvgIpc) is 3.36. The highest BCUT2D eigenvalue weighted by atomic mass is 35.5. The molecule has 0 saturated carbocycles. The Hall–Kier alpha value is -4.22. The van der Waals surface area contributed by atoms with Gasteiger partial charge in [0.2, 0.25) is 0 Å². The third-order valence-corrected chi connectivity index (χ3v) is 7.41. The van der Waals surface area contributed by atoms with Crippen molar-refractivity contribution in [3.05, 3.63) is 103 Å². The van der Waals surface area contributed by atoms with Gasteiger partial charge in [-0.2, -0.15) is 0 Å². The molecule has 12 heteroatoms. The van der Waals surface area contributed by atoms with E-state index in [1.807, 2.05) is 0 Å². The molecule has 3 aromatic carbocycles. The van der Waals surface area contributed by atoms with Crippen molar-refractivity contribution in [1.29, 1.82) is 0 Å². The zero-order valence-corrected chi connectivity index (χ0v) is 21.1. The summed E-state index contributed by atoms with van der Waals surface area (Å²) < 4.78 is 11.4. The topological polar surface area (TPSA) is 146 Å². The molecule has 0 unspecified atom stereocenters. The number of nitrogens with one attached hydrogen (secondary N) is 2. The number of non-ortho nitro benzene ring substituents is 1. The maximum atomic E-state index is 13.2. The van der Waals surface area contributed by atoms with Gasteiger partial charge in [-0.25, -0.2) is 0 Å². The molecule has 0 aromatic heterocycles. The Kier molecular flexibility index (Phi) is 6.41. The molecule has 4 atom stereocenters. The van der Waals surface area contributed by atoms with Crippen LogP contribution in [0.4, 0.5) is 11.4 Å². The van der Waals surface area contributed by atoms with Gasteiger partial charge >= 0.3 is 0 Å². The largest absolute Gasteiger partial charge is 0.493 e. The van der Waals surface area contributed by atoms with E-state index in [0.29, 0.717) is 22.4 Å². The van der Waals surface area contributed by atoms with Crippen molar-refractivity contribution in [2.24, 2.45) is 0 Å². The number of hydrogen-bond acceptors (Lipinski definition) is 8. The lowest BCUT2D eigenvalue weighted by Crippen LogP contribution is -2.54. The first-order valence-corrected chi connectivity index (χ1v) is 12.1. The molecule has 38 heavy (non-hydrogen) atoms. The minimum absolute atomic E-state index is 0.0373. The van der Waals surface area contributed by atoms with Crippen LogP contribution in [-0.2, 0) is 16.9 Å². The molecule has 0 radical (unpaired) electrons. The highest BCUT2D eigenvalue weighted by Gasteiger charge is 2.67. The van der Waals surface area contributed by atoms with Gasteiger partial charge in [-0.15, -0.1) is 0 Å². The van der Waals surface area contributed by atoms with Gasteiger partial charge < -0.3 is 14.8 Å². The maximum Gasteiger partial charge on any atom is 0.269 e. The van der Waals surface area contributed by atoms with Crippen molar-refractivity contribution in [1.82, 2.24) is 5.32 Å². The van der Waals surface area contributed by atoms with Crippen LogP contribution in [0.1, 0.15) is 29.5 Å². The zero-order chi connectivity index (χ0) is 27.2. The van der Waals surface area contributed by atoms with Gasteiger partial charge in [0.1, 0.15) is 6.61 Å². The molecule has 1 amide bonds. The van der Waals surface area contributed by atoms with E-state index in [0.717, 1.165) is 0 Å². The Labute approximate surface area is 222 Å². The molecular weight excluding hydrogens is 516 g/mol. The van der Waals surface area contributed by atoms with E-state index in [1.165, 1.54) is 19.2 Å². The van der Waals surface area contributed by atoms with Crippen molar-refractivity contribution in [2.75, 3.05) is 12.4 Å². The van der Waals surface area contributed by atoms with Gasteiger partial charge in [-0.05, 0) is 48.4 Å². The van der Waals surface area contributed by atoms with E-state index >= 15 is 0 Å². The smallest absolute Gasteiger partial charge is 0.269 e. The van der Waals surface area contributed by atoms with Gasteiger partial charge in [0, 0.05) is 34.3 Å². The number of halogens is 1. The fraction of sp³-hybridized carbons (Fsp3) is 0.269. The fourth-order valence-corrected chi connectivity index (χ4v) is 5.77. The van der Waals surface area contributed by atoms with Crippen LogP contribution in [0.5, 0.6) is 11.5 Å². The first-order valence-electron chi connectivity index (χ1n) is 11.7. The summed E-state index contributed by atoms with van der Waals surface area (Å²) in [5.74, 6) is -0.708. The second-order valence-corrected chi connectivity index (χ2v) is 9.65. The number of ether oxygens (including phenoxy) is 2. The van der Waals surface area contributed by atoms with E-state index in [-0.39, 0.29) is 28.8 Å². The molecule has 1 spiro atoms. The molecule has 2 aliphatic rings. The summed E-state index contributed by atoms with van der Waals surface area (Å²) in [6.45, 7) is 1.86. The molecule has 2 N–H and O–H groups in total. The van der Waals surface area contributed by atoms with E-state index in [4.69, 9.17) is 21.1 Å². The molecule has 0 bridgehead atoms. The van der Waals surface area contributed by atoms with Crippen molar-refractivity contribution in [3.8, 4) is 11.5 Å². The van der Waals surface area contributed by atoms with Crippen LogP contribution < -0.4 is 20.1 Å². The number of nitrogens with zero attached hydrogens (tertiary/aromatic N) is 2. The van der Waals surface area contributed by atoms with E-state index < -0.39 is 39.3 Å². The standard InChI is InChI=1S/C26H23ClN4O7/c1-14-22(24(31(35)36)26(29-14)18-5-3-4-6-20(18)28-25(26)32)16-11-19(27)23(21(12-16)37-2)38-13-15-7-9-17(10-8-15)30(33)34/h3-12,14,22,24,29H,13H2,1-2H3,(H,28,32)/t14-,22-,24+,26-/m0/s1. The predicted molar refractivity (Wildman–Crippen MR) is 138 cm³/mol. The summed E-state index contributed by atoms with van der Waals surface area (Å²) in [6.07, 6.45) is 0. The van der Waals surface area contributed by atoms with Gasteiger partial charge in [-0.1, -0.05) is 29.8 Å². The number of nitro groups is 2. The quantitative estimate of drug-likeness (QED) is 0.332. The predicted octanol–water partition coefficient (Wildman–Crippen LogP) is 4.40. The fourth-order valence-electron chi connectivity index (χ4n) is 5.50. The first-order chi connectivity index (χ1) is 18.2. The summed E-state index contributed by atoms with van der Waals surface area (Å²) in [7, 11) is 1.43. The SMILES string of the molecule is COc1cc([C@@H]2[C@H](C)N[C@]3(C(=O)Nc4ccccc43)[C@@H]2[N+](=O)[O-])cc(Cl)c1OCc1ccc([N+](=O)[O-])cc1. The number of carbonyl (C=O) groups excluding carboxylic acids is 1. The molecule has 5 rings (SSSR count). The number of hydrogen-bond donors (Lipinski definition) is 2. The summed E-state index contributed by atoms with van der Waals surface area (Å²) >= 11 is 6.60. The third kappa shape index (κ3) is 4.00. The van der Waals surface area contributed by atoms with Crippen molar-refractivity contribution >= 4 is 28.9 Å². The normalized spacial score (nSPS) is 23.7. The lowest BCUT2D eigenvalue weighted by atomic mass is 9.78. The van der Waals surface area contributed by atoms with Crippen molar-refractivity contribution in [2.45, 2.75) is 37.1 Å². The lowest BCUT2D eigenvalue weighted by Gasteiger charge is -2.25. The van der Waals surface area contributed by atoms with Gasteiger partial charge in [0.05, 0.1) is 23.0 Å². The molecule has 196 valence electrons. The highest BCUT2D eigenvalue weighted by Crippen LogP contribution is 2.51. The Morgan fingerprint density at radius 3 is 2.45 bits per heavy atom. The zero-order valence-electron chi connectivity index (χ0n) is 20.3. The number of nitro benzene ring substituents is 1. The van der Waals surface area contributed by atoms with Crippen molar-refractivity contribution in [3.63, 3.8) is 0 Å². The number of para-hydroxylation sites is 1. The third-order valence-electron chi connectivity index (χ3n) is 7.13. The van der Waals surface area contributed by atoms with E-state index in [2.05, 4.69) is 10.6 Å². The van der Waals surface area contributed by atoms with E-state index in [1.54, 1.807) is 55.5 Å². The van der Waals surface area contributed by atoms with Crippen LogP contribution in [0.25, 0.3) is 0 Å². The number of methoxy groups -OCH3 is 1. The molecule has 1 saturated heterocycles. The second-order valence-electron chi connectivity index (χ2n) is 9.24. The minimum Gasteiger partial charge on any atom is -0.493 e. The lowest BCUT2D eigenvalue weighted by molar-refractivity contribution is -0.532. The second kappa shape index (κ2) is 9.58. The number of carbonyl (C=O) groups is 1. The Morgan fingerprint density at radius 2 is 1.79 bits per heavy atom. The highest BCUT2D eigenvalue weighted by molar-refractivity contribution is 6.32. The van der Waals surface area contributed by atoms with Crippen LogP contribution in [-0.4, -0.2) is 34.9 Å². The molecule has 1 fully saturated rings. The Bertz CT molecular complexity index is 1450. The summed E-state index contributed by atoms with van der Waals surface area (Å²) in [4.78, 5) is 35.7. The van der Waals surface area contributed by atoms with Crippen molar-refractivity contribution < 1.29 is 24.1 Å². The number of benzene rings is 3. The summed E-state index contributed by atoms with van der Waals surface area (Å²) in [5.41, 5.74) is 0.676. The average molecular weight is 539 g/mol. The Morgan fingerprint density at radius 1 is 1.08 bits per heavy atom. The van der Waals surface area contributed by atoms with Crippen LogP contribution in [0.15, 0.2) is 60.7 Å². The first kappa shape index (κ1) is 25.4. The number of fused-ring (bicyclic) bond motifs is 2. The Balaban J connectivity index is 1.49. The molecule has 2 heterocycles. The molecule has 11 nitrogen and oxygen atoms in total. The van der Waals surface area contributed by atoms with E-state index in [9.17, 15) is 25.0 Å².